The third-order valence-electron chi connectivity index (χ3n) is 3.04. The minimum atomic E-state index is -0.983. The smallest absolute Gasteiger partial charge is 0.308 e. The highest BCUT2D eigenvalue weighted by Crippen LogP contribution is 2.32. The number of hydrogen-bond donors (Lipinski definition) is 1. The second kappa shape index (κ2) is 4.92. The minimum Gasteiger partial charge on any atom is -0.481 e. The zero-order chi connectivity index (χ0) is 13.1. The number of carbonyl (C=O) groups is 1. The number of anilines is 1. The van der Waals surface area contributed by atoms with E-state index in [0.717, 1.165) is 12.1 Å². The van der Waals surface area contributed by atoms with Crippen molar-refractivity contribution in [2.75, 3.05) is 4.90 Å². The summed E-state index contributed by atoms with van der Waals surface area (Å²) in [6.07, 6.45) is 2.34. The van der Waals surface area contributed by atoms with Gasteiger partial charge in [-0.3, -0.25) is 4.79 Å². The van der Waals surface area contributed by atoms with Gasteiger partial charge in [-0.25, -0.2) is 0 Å². The van der Waals surface area contributed by atoms with Crippen LogP contribution in [-0.4, -0.2) is 17.1 Å². The summed E-state index contributed by atoms with van der Waals surface area (Å²) in [7, 11) is 0. The van der Waals surface area contributed by atoms with Gasteiger partial charge in [-0.1, -0.05) is 18.2 Å². The molecule has 0 fully saturated rings. The van der Waals surface area contributed by atoms with Crippen LogP contribution >= 0.6 is 0 Å². The minimum absolute atomic E-state index is 0.234. The molecule has 0 aliphatic carbocycles. The van der Waals surface area contributed by atoms with Gasteiger partial charge in [-0.15, -0.1) is 0 Å². The summed E-state index contributed by atoms with van der Waals surface area (Å²) in [6.45, 7) is 2.06. The van der Waals surface area contributed by atoms with Gasteiger partial charge in [0.05, 0.1) is 18.1 Å². The van der Waals surface area contributed by atoms with Crippen molar-refractivity contribution in [1.29, 1.82) is 5.26 Å². The van der Waals surface area contributed by atoms with E-state index in [0.29, 0.717) is 0 Å². The maximum Gasteiger partial charge on any atom is 0.308 e. The van der Waals surface area contributed by atoms with Gasteiger partial charge in [0.2, 0.25) is 0 Å². The van der Waals surface area contributed by atoms with Crippen LogP contribution in [0.3, 0.4) is 0 Å². The van der Waals surface area contributed by atoms with Crippen LogP contribution < -0.4 is 4.90 Å². The highest BCUT2D eigenvalue weighted by Gasteiger charge is 2.24. The van der Waals surface area contributed by atoms with E-state index in [1.54, 1.807) is 6.20 Å². The van der Waals surface area contributed by atoms with E-state index >= 15 is 0 Å². The molecule has 18 heavy (non-hydrogen) atoms. The topological polar surface area (TPSA) is 64.3 Å². The van der Waals surface area contributed by atoms with Crippen LogP contribution in [0.2, 0.25) is 0 Å². The monoisotopic (exact) mass is 242 g/mol. The molecule has 2 rings (SSSR count). The molecule has 1 aliphatic heterocycles. The zero-order valence-corrected chi connectivity index (χ0v) is 10.1. The zero-order valence-electron chi connectivity index (χ0n) is 10.1. The Morgan fingerprint density at radius 3 is 3.00 bits per heavy atom. The molecule has 1 heterocycles. The Morgan fingerprint density at radius 1 is 1.61 bits per heavy atom. The second-order valence-electron chi connectivity index (χ2n) is 4.43. The van der Waals surface area contributed by atoms with Gasteiger partial charge in [-0.05, 0) is 25.0 Å². The molecule has 1 aromatic carbocycles. The lowest BCUT2D eigenvalue weighted by Gasteiger charge is -2.20. The van der Waals surface area contributed by atoms with Gasteiger partial charge < -0.3 is 10.0 Å². The van der Waals surface area contributed by atoms with Gasteiger partial charge in [0.1, 0.15) is 0 Å². The fraction of sp³-hybridized carbons (Fsp3) is 0.286. The number of nitriles is 1. The van der Waals surface area contributed by atoms with Crippen LogP contribution in [0, 0.1) is 11.3 Å². The van der Waals surface area contributed by atoms with Crippen molar-refractivity contribution in [2.45, 2.75) is 25.8 Å². The van der Waals surface area contributed by atoms with E-state index in [2.05, 4.69) is 13.0 Å². The van der Waals surface area contributed by atoms with E-state index in [4.69, 9.17) is 10.4 Å². The Balaban J connectivity index is 2.31. The van der Waals surface area contributed by atoms with Crippen LogP contribution in [0.5, 0.6) is 0 Å². The van der Waals surface area contributed by atoms with Crippen molar-refractivity contribution in [3.63, 3.8) is 0 Å². The molecule has 0 aromatic heterocycles. The van der Waals surface area contributed by atoms with Gasteiger partial charge in [0, 0.05) is 17.9 Å². The third kappa shape index (κ3) is 2.35. The van der Waals surface area contributed by atoms with Crippen LogP contribution in [0.15, 0.2) is 36.0 Å². The molecule has 0 spiro atoms. The SMILES string of the molecule is CC1Cc2ccccc2N1C=C(C#N)CC(=O)O. The van der Waals surface area contributed by atoms with E-state index in [-0.39, 0.29) is 18.0 Å². The molecule has 0 bridgehead atoms. The quantitative estimate of drug-likeness (QED) is 0.826. The molecule has 0 radical (unpaired) electrons. The molecule has 4 nitrogen and oxygen atoms in total. The lowest BCUT2D eigenvalue weighted by molar-refractivity contribution is -0.136. The molecule has 1 atom stereocenters. The predicted molar refractivity (Wildman–Crippen MR) is 68.0 cm³/mol. The van der Waals surface area contributed by atoms with E-state index in [1.807, 2.05) is 29.2 Å². The molecule has 1 unspecified atom stereocenters. The first-order valence-electron chi connectivity index (χ1n) is 5.80. The van der Waals surface area contributed by atoms with Crippen LogP contribution in [-0.2, 0) is 11.2 Å². The number of para-hydroxylation sites is 1. The number of rotatable bonds is 3. The molecule has 0 saturated heterocycles. The molecule has 4 heteroatoms. The first-order chi connectivity index (χ1) is 8.61. The molecule has 0 amide bonds. The summed E-state index contributed by atoms with van der Waals surface area (Å²) in [4.78, 5) is 12.6. The standard InChI is InChI=1S/C14H14N2O2/c1-10-6-12-4-2-3-5-13(12)16(10)9-11(8-15)7-14(17)18/h2-5,9-10H,6-7H2,1H3,(H,17,18). The largest absolute Gasteiger partial charge is 0.481 e. The summed E-state index contributed by atoms with van der Waals surface area (Å²) < 4.78 is 0. The van der Waals surface area contributed by atoms with Crippen LogP contribution in [0.1, 0.15) is 18.9 Å². The first-order valence-corrected chi connectivity index (χ1v) is 5.80. The summed E-state index contributed by atoms with van der Waals surface area (Å²) >= 11 is 0. The molecule has 92 valence electrons. The van der Waals surface area contributed by atoms with Crippen molar-refractivity contribution in [3.05, 3.63) is 41.6 Å². The van der Waals surface area contributed by atoms with Crippen molar-refractivity contribution >= 4 is 11.7 Å². The van der Waals surface area contributed by atoms with Crippen LogP contribution in [0.4, 0.5) is 5.69 Å². The summed E-state index contributed by atoms with van der Waals surface area (Å²) in [5.74, 6) is -0.983. The van der Waals surface area contributed by atoms with E-state index in [9.17, 15) is 4.79 Å². The second-order valence-corrected chi connectivity index (χ2v) is 4.43. The molecular weight excluding hydrogens is 228 g/mol. The molecule has 1 aliphatic rings. The summed E-state index contributed by atoms with van der Waals surface area (Å²) in [5, 5.41) is 17.7. The van der Waals surface area contributed by atoms with E-state index in [1.165, 1.54) is 5.56 Å². The lowest BCUT2D eigenvalue weighted by atomic mass is 10.1. The molecule has 1 aromatic rings. The summed E-state index contributed by atoms with van der Waals surface area (Å²) in [5.41, 5.74) is 2.56. The number of aliphatic carboxylic acids is 1. The van der Waals surface area contributed by atoms with Crippen molar-refractivity contribution in [3.8, 4) is 6.07 Å². The van der Waals surface area contributed by atoms with Crippen molar-refractivity contribution in [1.82, 2.24) is 0 Å². The van der Waals surface area contributed by atoms with Gasteiger partial charge >= 0.3 is 5.97 Å². The Kier molecular flexibility index (Phi) is 3.33. The number of benzene rings is 1. The van der Waals surface area contributed by atoms with Gasteiger partial charge in [-0.2, -0.15) is 5.26 Å². The Hall–Kier alpha value is -2.28. The normalized spacial score (nSPS) is 18.3. The maximum absolute atomic E-state index is 10.7. The highest BCUT2D eigenvalue weighted by molar-refractivity contribution is 5.72. The molecule has 1 N–H and O–H groups in total. The number of hydrogen-bond acceptors (Lipinski definition) is 3. The van der Waals surface area contributed by atoms with Gasteiger partial charge in [0.15, 0.2) is 0 Å². The Labute approximate surface area is 106 Å². The number of fused-ring (bicyclic) bond motifs is 1. The fourth-order valence-electron chi connectivity index (χ4n) is 2.23. The number of nitrogens with zero attached hydrogens (tertiary/aromatic N) is 2. The summed E-state index contributed by atoms with van der Waals surface area (Å²) in [6, 6.07) is 10.2. The fourth-order valence-corrected chi connectivity index (χ4v) is 2.23. The molecule has 0 saturated carbocycles. The maximum atomic E-state index is 10.7. The first kappa shape index (κ1) is 12.2. The molecular formula is C14H14N2O2. The number of carboxylic acids is 1. The third-order valence-corrected chi connectivity index (χ3v) is 3.04. The lowest BCUT2D eigenvalue weighted by Crippen LogP contribution is -2.24. The average molecular weight is 242 g/mol. The Morgan fingerprint density at radius 2 is 2.33 bits per heavy atom. The predicted octanol–water partition coefficient (Wildman–Crippen LogP) is 2.32. The van der Waals surface area contributed by atoms with E-state index < -0.39 is 5.97 Å². The highest BCUT2D eigenvalue weighted by atomic mass is 16.4. The number of carboxylic acid groups (broad SMARTS) is 1. The van der Waals surface area contributed by atoms with Crippen LogP contribution in [0.25, 0.3) is 0 Å². The average Bonchev–Trinajstić information content (AvgIpc) is 2.64. The van der Waals surface area contributed by atoms with Crippen molar-refractivity contribution < 1.29 is 9.90 Å². The van der Waals surface area contributed by atoms with Crippen molar-refractivity contribution in [2.24, 2.45) is 0 Å². The van der Waals surface area contributed by atoms with Gasteiger partial charge in [0.25, 0.3) is 0 Å². The Bertz CT molecular complexity index is 543.